The third-order valence-electron chi connectivity index (χ3n) is 10.3. The Morgan fingerprint density at radius 1 is 0.556 bits per heavy atom. The van der Waals surface area contributed by atoms with Crippen LogP contribution in [-0.2, 0) is 20.0 Å². The molecule has 0 amide bonds. The fraction of sp³-hybridized carbons (Fsp3) is 0.333. The summed E-state index contributed by atoms with van der Waals surface area (Å²) in [6, 6.07) is 32.9. The first kappa shape index (κ1) is 34.2. The molecule has 4 aromatic carbocycles. The topological polar surface area (TPSA) is 0 Å². The molecule has 0 spiro atoms. The summed E-state index contributed by atoms with van der Waals surface area (Å²) in [5, 5.41) is 0. The fourth-order valence-electron chi connectivity index (χ4n) is 8.44. The number of fused-ring (bicyclic) bond motifs is 2. The molecule has 45 heavy (non-hydrogen) atoms. The number of rotatable bonds is 8. The quantitative estimate of drug-likeness (QED) is 0.156. The molecule has 0 nitrogen and oxygen atoms in total. The Balaban J connectivity index is 0.00000200. The van der Waals surface area contributed by atoms with Crippen LogP contribution in [0.25, 0.3) is 34.4 Å². The van der Waals surface area contributed by atoms with Gasteiger partial charge in [-0.05, 0) is 0 Å². The predicted molar refractivity (Wildman–Crippen MR) is 198 cm³/mol. The van der Waals surface area contributed by atoms with Gasteiger partial charge in [0, 0.05) is 0 Å². The molecule has 0 radical (unpaired) electrons. The molecular formula is C42H48Cl2Hf. The summed E-state index contributed by atoms with van der Waals surface area (Å²) >= 11 is -2.95. The summed E-state index contributed by atoms with van der Waals surface area (Å²) in [6.07, 6.45) is 7.78. The summed E-state index contributed by atoms with van der Waals surface area (Å²) in [5.41, 5.74) is 18.1. The minimum atomic E-state index is -2.95. The SMILES string of the molecule is Cc1ccc(-c2cccc3c2C=C(CC(C)C)[CH]3[Hf]2([CH]3C(CC(C)C)=Cc4c(-c5ccc(C)cc5)cccc43)[CH2][CH2]2)cc1.Cl.Cl. The molecular weight excluding hydrogens is 754 g/mol. The molecule has 3 heteroatoms. The first-order valence-corrected chi connectivity index (χ1v) is 25.8. The minimum Gasteiger partial charge on any atom is -0.147 e. The third kappa shape index (κ3) is 6.27. The van der Waals surface area contributed by atoms with Crippen molar-refractivity contribution in [3.63, 3.8) is 0 Å². The van der Waals surface area contributed by atoms with E-state index >= 15 is 0 Å². The van der Waals surface area contributed by atoms with Crippen molar-refractivity contribution in [2.45, 2.75) is 70.1 Å². The minimum absolute atomic E-state index is 0. The molecule has 2 unspecified atom stereocenters. The van der Waals surface area contributed by atoms with Crippen molar-refractivity contribution in [1.82, 2.24) is 0 Å². The van der Waals surface area contributed by atoms with Crippen molar-refractivity contribution in [3.05, 3.63) is 129 Å². The Labute approximate surface area is 288 Å². The molecule has 2 atom stereocenters. The van der Waals surface area contributed by atoms with E-state index in [2.05, 4.69) is 139 Å². The van der Waals surface area contributed by atoms with Crippen LogP contribution >= 0.6 is 24.8 Å². The summed E-state index contributed by atoms with van der Waals surface area (Å²) < 4.78 is 4.44. The van der Waals surface area contributed by atoms with Crippen LogP contribution in [0.2, 0.25) is 8.35 Å². The normalized spacial score (nSPS) is 18.9. The smallest absolute Gasteiger partial charge is 0.147 e. The first-order valence-electron chi connectivity index (χ1n) is 16.6. The predicted octanol–water partition coefficient (Wildman–Crippen LogP) is 13.2. The van der Waals surface area contributed by atoms with E-state index < -0.39 is 20.0 Å². The second-order valence-electron chi connectivity index (χ2n) is 14.6. The summed E-state index contributed by atoms with van der Waals surface area (Å²) in [4.78, 5) is 0. The van der Waals surface area contributed by atoms with E-state index in [9.17, 15) is 0 Å². The van der Waals surface area contributed by atoms with E-state index in [1.54, 1.807) is 22.3 Å². The van der Waals surface area contributed by atoms with E-state index in [4.69, 9.17) is 0 Å². The van der Waals surface area contributed by atoms with E-state index in [0.29, 0.717) is 19.2 Å². The monoisotopic (exact) mass is 802 g/mol. The zero-order chi connectivity index (χ0) is 29.9. The molecule has 0 bridgehead atoms. The molecule has 7 rings (SSSR count). The van der Waals surface area contributed by atoms with Gasteiger partial charge in [0.25, 0.3) is 0 Å². The molecule has 0 N–H and O–H groups in total. The number of hydrogen-bond acceptors (Lipinski definition) is 0. The molecule has 0 saturated carbocycles. The number of benzene rings is 4. The Morgan fingerprint density at radius 3 is 1.27 bits per heavy atom. The standard InChI is InChI=1S/2C20H21.C2H4.2ClH.Hf/c2*1-14(2)11-16-12-18-5-4-6-19(20(18)13-16)17-9-7-15(3)8-10-17;1-2;;;/h2*4-10,12-14H,11H2,1-3H3;1-2H2;2*1H;. The van der Waals surface area contributed by atoms with Crippen LogP contribution in [0.5, 0.6) is 0 Å². The Morgan fingerprint density at radius 2 is 0.933 bits per heavy atom. The molecule has 2 aliphatic carbocycles. The van der Waals surface area contributed by atoms with Crippen LogP contribution in [0, 0.1) is 25.7 Å². The van der Waals surface area contributed by atoms with Crippen LogP contribution < -0.4 is 0 Å². The van der Waals surface area contributed by atoms with Gasteiger partial charge in [-0.2, -0.15) is 0 Å². The fourth-order valence-corrected chi connectivity index (χ4v) is 36.3. The number of allylic oxidation sites excluding steroid dienone is 2. The Hall–Kier alpha value is -2.19. The molecule has 1 fully saturated rings. The average molecular weight is 802 g/mol. The summed E-state index contributed by atoms with van der Waals surface area (Å²) in [6.45, 7) is 14.0. The van der Waals surface area contributed by atoms with Crippen molar-refractivity contribution in [1.29, 1.82) is 0 Å². The maximum atomic E-state index is 2.67. The van der Waals surface area contributed by atoms with Gasteiger partial charge in [-0.1, -0.05) is 0 Å². The molecule has 1 saturated heterocycles. The van der Waals surface area contributed by atoms with Crippen LogP contribution in [0.15, 0.2) is 96.1 Å². The van der Waals surface area contributed by atoms with Crippen LogP contribution in [-0.4, -0.2) is 0 Å². The Kier molecular flexibility index (Phi) is 10.2. The van der Waals surface area contributed by atoms with Crippen molar-refractivity contribution >= 4 is 37.0 Å². The molecule has 1 aliphatic heterocycles. The summed E-state index contributed by atoms with van der Waals surface area (Å²) in [5.74, 6) is 1.34. The van der Waals surface area contributed by atoms with Gasteiger partial charge in [0.2, 0.25) is 0 Å². The molecule has 1 heterocycles. The van der Waals surface area contributed by atoms with E-state index in [1.807, 2.05) is 0 Å². The average Bonchev–Trinajstić information content (AvgIpc) is 3.53. The maximum Gasteiger partial charge on any atom is -0.147 e. The van der Waals surface area contributed by atoms with E-state index in [-0.39, 0.29) is 24.8 Å². The van der Waals surface area contributed by atoms with Crippen molar-refractivity contribution in [2.24, 2.45) is 11.8 Å². The van der Waals surface area contributed by atoms with Crippen molar-refractivity contribution in [2.75, 3.05) is 0 Å². The largest absolute Gasteiger partial charge is 0.147 e. The molecule has 234 valence electrons. The zero-order valence-corrected chi connectivity index (χ0v) is 32.9. The third-order valence-corrected chi connectivity index (χ3v) is 29.4. The van der Waals surface area contributed by atoms with E-state index in [1.165, 1.54) is 65.7 Å². The van der Waals surface area contributed by atoms with E-state index in [0.717, 1.165) is 0 Å². The maximum absolute atomic E-state index is 2.95. The molecule has 4 aromatic rings. The second kappa shape index (κ2) is 13.5. The van der Waals surface area contributed by atoms with Crippen LogP contribution in [0.3, 0.4) is 0 Å². The number of hydrogen-bond donors (Lipinski definition) is 0. The number of halogens is 2. The van der Waals surface area contributed by atoms with Crippen LogP contribution in [0.1, 0.15) is 81.3 Å². The van der Waals surface area contributed by atoms with Gasteiger partial charge >= 0.3 is 266 Å². The van der Waals surface area contributed by atoms with Gasteiger partial charge in [0.15, 0.2) is 0 Å². The van der Waals surface area contributed by atoms with Crippen molar-refractivity contribution in [3.8, 4) is 22.3 Å². The van der Waals surface area contributed by atoms with Gasteiger partial charge in [0.1, 0.15) is 0 Å². The summed E-state index contributed by atoms with van der Waals surface area (Å²) in [7, 11) is 0. The van der Waals surface area contributed by atoms with Gasteiger partial charge in [-0.15, -0.1) is 24.8 Å². The van der Waals surface area contributed by atoms with Gasteiger partial charge in [-0.25, -0.2) is 0 Å². The van der Waals surface area contributed by atoms with Gasteiger partial charge < -0.3 is 0 Å². The Bertz CT molecular complexity index is 1610. The van der Waals surface area contributed by atoms with Gasteiger partial charge in [-0.3, -0.25) is 0 Å². The van der Waals surface area contributed by atoms with Gasteiger partial charge in [0.05, 0.1) is 0 Å². The van der Waals surface area contributed by atoms with Crippen LogP contribution in [0.4, 0.5) is 0 Å². The molecule has 3 aliphatic rings. The molecule has 0 aromatic heterocycles. The zero-order valence-electron chi connectivity index (χ0n) is 27.7. The van der Waals surface area contributed by atoms with Crippen molar-refractivity contribution < 1.29 is 20.0 Å². The number of aryl methyl sites for hydroxylation is 2. The second-order valence-corrected chi connectivity index (χ2v) is 31.2. The first-order chi connectivity index (χ1) is 20.7.